The van der Waals surface area contributed by atoms with E-state index < -0.39 is 24.3 Å². The zero-order chi connectivity index (χ0) is 23.2. The van der Waals surface area contributed by atoms with Crippen LogP contribution in [0.1, 0.15) is 22.4 Å². The number of tetrazole rings is 1. The van der Waals surface area contributed by atoms with E-state index in [1.807, 2.05) is 24.3 Å². The lowest BCUT2D eigenvalue weighted by Gasteiger charge is -2.10. The standard InChI is InChI=1S/C22H16N6O4S/c1-14-13-33-21(24-14)17(11-23)19(29)12-32-22(30)18(10-16-8-5-9-31-16)28-20(25-26-27-28)15-6-3-2-4-7-15/h2-10,13,17H,12H2,1H3/b18-10-/t17-/m1/s1. The number of ether oxygens (including phenoxy) is 1. The second-order valence-electron chi connectivity index (χ2n) is 6.76. The van der Waals surface area contributed by atoms with Gasteiger partial charge in [-0.2, -0.15) is 9.94 Å². The Morgan fingerprint density at radius 2 is 2.09 bits per heavy atom. The van der Waals surface area contributed by atoms with Crippen LogP contribution in [0.5, 0.6) is 0 Å². The van der Waals surface area contributed by atoms with E-state index in [1.54, 1.807) is 36.6 Å². The number of esters is 1. The summed E-state index contributed by atoms with van der Waals surface area (Å²) in [7, 11) is 0. The van der Waals surface area contributed by atoms with Gasteiger partial charge >= 0.3 is 5.97 Å². The second kappa shape index (κ2) is 9.80. The zero-order valence-electron chi connectivity index (χ0n) is 17.3. The van der Waals surface area contributed by atoms with Crippen LogP contribution in [0.4, 0.5) is 0 Å². The summed E-state index contributed by atoms with van der Waals surface area (Å²) in [5.74, 6) is -1.92. The lowest BCUT2D eigenvalue weighted by atomic mass is 10.1. The highest BCUT2D eigenvalue weighted by Crippen LogP contribution is 2.23. The third kappa shape index (κ3) is 4.91. The van der Waals surface area contributed by atoms with Crippen molar-refractivity contribution in [3.05, 3.63) is 70.6 Å². The molecule has 164 valence electrons. The van der Waals surface area contributed by atoms with E-state index >= 15 is 0 Å². The monoisotopic (exact) mass is 460 g/mol. The largest absolute Gasteiger partial charge is 0.465 e. The quantitative estimate of drug-likeness (QED) is 0.287. The molecular weight excluding hydrogens is 444 g/mol. The number of ketones is 1. The molecule has 0 N–H and O–H groups in total. The minimum atomic E-state index is -1.12. The average Bonchev–Trinajstić information content (AvgIpc) is 3.59. The molecule has 3 heterocycles. The minimum Gasteiger partial charge on any atom is -0.465 e. The molecule has 0 fully saturated rings. The summed E-state index contributed by atoms with van der Waals surface area (Å²) in [6.07, 6.45) is 2.85. The number of hydrogen-bond donors (Lipinski definition) is 0. The molecule has 0 radical (unpaired) electrons. The van der Waals surface area contributed by atoms with Crippen LogP contribution < -0.4 is 0 Å². The molecule has 4 aromatic rings. The molecular formula is C22H16N6O4S. The van der Waals surface area contributed by atoms with Crippen molar-refractivity contribution in [1.82, 2.24) is 25.2 Å². The molecule has 0 unspecified atom stereocenters. The summed E-state index contributed by atoms with van der Waals surface area (Å²) >= 11 is 1.20. The summed E-state index contributed by atoms with van der Waals surface area (Å²) in [4.78, 5) is 29.8. The molecule has 0 amide bonds. The molecule has 10 nitrogen and oxygen atoms in total. The predicted molar refractivity (Wildman–Crippen MR) is 117 cm³/mol. The van der Waals surface area contributed by atoms with Crippen molar-refractivity contribution in [2.45, 2.75) is 12.8 Å². The number of aromatic nitrogens is 5. The topological polar surface area (TPSA) is 137 Å². The van der Waals surface area contributed by atoms with Crippen LogP contribution in [0, 0.1) is 18.3 Å². The third-order valence-electron chi connectivity index (χ3n) is 4.44. The SMILES string of the molecule is Cc1csc([C@H](C#N)C(=O)COC(=O)/C(=C/c2ccco2)n2nnnc2-c2ccccc2)n1. The molecule has 0 saturated heterocycles. The van der Waals surface area contributed by atoms with E-state index in [0.29, 0.717) is 27.8 Å². The first kappa shape index (κ1) is 21.8. The number of thiazole rings is 1. The number of rotatable bonds is 8. The van der Waals surface area contributed by atoms with Gasteiger partial charge in [-0.15, -0.1) is 16.4 Å². The van der Waals surface area contributed by atoms with Crippen molar-refractivity contribution in [1.29, 1.82) is 5.26 Å². The predicted octanol–water partition coefficient (Wildman–Crippen LogP) is 3.12. The molecule has 0 spiro atoms. The van der Waals surface area contributed by atoms with Crippen LogP contribution in [0.15, 0.2) is 58.5 Å². The zero-order valence-corrected chi connectivity index (χ0v) is 18.1. The van der Waals surface area contributed by atoms with E-state index in [1.165, 1.54) is 28.4 Å². The molecule has 3 aromatic heterocycles. The van der Waals surface area contributed by atoms with Crippen LogP contribution in [0.25, 0.3) is 23.2 Å². The first-order valence-electron chi connectivity index (χ1n) is 9.67. The lowest BCUT2D eigenvalue weighted by molar-refractivity contribution is -0.142. The van der Waals surface area contributed by atoms with E-state index in [4.69, 9.17) is 9.15 Å². The summed E-state index contributed by atoms with van der Waals surface area (Å²) < 4.78 is 11.8. The summed E-state index contributed by atoms with van der Waals surface area (Å²) in [6, 6.07) is 14.2. The Balaban J connectivity index is 1.59. The van der Waals surface area contributed by atoms with Gasteiger partial charge < -0.3 is 9.15 Å². The van der Waals surface area contributed by atoms with Crippen molar-refractivity contribution < 1.29 is 18.7 Å². The Hall–Kier alpha value is -4.43. The van der Waals surface area contributed by atoms with Gasteiger partial charge in [0.1, 0.15) is 10.8 Å². The Bertz CT molecular complexity index is 1330. The van der Waals surface area contributed by atoms with Crippen molar-refractivity contribution in [3.63, 3.8) is 0 Å². The Kier molecular flexibility index (Phi) is 6.47. The van der Waals surface area contributed by atoms with Crippen molar-refractivity contribution in [2.24, 2.45) is 0 Å². The molecule has 0 aliphatic heterocycles. The Morgan fingerprint density at radius 3 is 2.76 bits per heavy atom. The summed E-state index contributed by atoms with van der Waals surface area (Å²) in [5.41, 5.74) is 1.30. The van der Waals surface area contributed by atoms with Crippen LogP contribution in [-0.4, -0.2) is 43.6 Å². The van der Waals surface area contributed by atoms with Gasteiger partial charge in [-0.05, 0) is 29.5 Å². The minimum absolute atomic E-state index is 0.0693. The number of carbonyl (C=O) groups is 2. The van der Waals surface area contributed by atoms with Gasteiger partial charge in [-0.1, -0.05) is 30.3 Å². The molecule has 33 heavy (non-hydrogen) atoms. The molecule has 1 aromatic carbocycles. The van der Waals surface area contributed by atoms with E-state index in [9.17, 15) is 14.9 Å². The van der Waals surface area contributed by atoms with Gasteiger partial charge in [-0.25, -0.2) is 9.78 Å². The van der Waals surface area contributed by atoms with Gasteiger partial charge in [0, 0.05) is 22.7 Å². The van der Waals surface area contributed by atoms with Gasteiger partial charge in [-0.3, -0.25) is 4.79 Å². The van der Waals surface area contributed by atoms with Crippen molar-refractivity contribution >= 4 is 34.9 Å². The molecule has 0 aliphatic rings. The molecule has 1 atom stereocenters. The van der Waals surface area contributed by atoms with E-state index in [0.717, 1.165) is 0 Å². The van der Waals surface area contributed by atoms with Crippen molar-refractivity contribution in [3.8, 4) is 17.5 Å². The van der Waals surface area contributed by atoms with Crippen LogP contribution in [0.3, 0.4) is 0 Å². The number of hydrogen-bond acceptors (Lipinski definition) is 10. The van der Waals surface area contributed by atoms with Gasteiger partial charge in [0.2, 0.25) is 0 Å². The summed E-state index contributed by atoms with van der Waals surface area (Å²) in [5, 5.41) is 23.1. The van der Waals surface area contributed by atoms with Gasteiger partial charge in [0.05, 0.1) is 12.3 Å². The first-order valence-corrected chi connectivity index (χ1v) is 10.6. The first-order chi connectivity index (χ1) is 16.1. The van der Waals surface area contributed by atoms with Crippen LogP contribution >= 0.6 is 11.3 Å². The fraction of sp³-hybridized carbons (Fsp3) is 0.136. The van der Waals surface area contributed by atoms with Gasteiger partial charge in [0.15, 0.2) is 29.8 Å². The molecule has 0 bridgehead atoms. The smallest absolute Gasteiger partial charge is 0.357 e. The average molecular weight is 460 g/mol. The van der Waals surface area contributed by atoms with Crippen molar-refractivity contribution in [2.75, 3.05) is 6.61 Å². The third-order valence-corrected chi connectivity index (χ3v) is 5.47. The molecule has 0 saturated carbocycles. The van der Waals surface area contributed by atoms with Crippen LogP contribution in [0.2, 0.25) is 0 Å². The number of Topliss-reactive ketones (excluding diaryl/α,β-unsaturated/α-hetero) is 1. The molecule has 4 rings (SSSR count). The lowest BCUT2D eigenvalue weighted by Crippen LogP contribution is -2.22. The highest BCUT2D eigenvalue weighted by molar-refractivity contribution is 7.09. The second-order valence-corrected chi connectivity index (χ2v) is 7.65. The normalized spacial score (nSPS) is 12.2. The maximum absolute atomic E-state index is 13.0. The fourth-order valence-electron chi connectivity index (χ4n) is 2.89. The Morgan fingerprint density at radius 1 is 1.27 bits per heavy atom. The van der Waals surface area contributed by atoms with Crippen LogP contribution in [-0.2, 0) is 14.3 Å². The number of carbonyl (C=O) groups excluding carboxylic acids is 2. The van der Waals surface area contributed by atoms with E-state index in [-0.39, 0.29) is 5.70 Å². The number of benzene rings is 1. The Labute approximate surface area is 191 Å². The maximum atomic E-state index is 13.0. The number of nitriles is 1. The summed E-state index contributed by atoms with van der Waals surface area (Å²) in [6.45, 7) is 1.15. The number of nitrogens with zero attached hydrogens (tertiary/aromatic N) is 6. The van der Waals surface area contributed by atoms with Gasteiger partial charge in [0.25, 0.3) is 0 Å². The maximum Gasteiger partial charge on any atom is 0.357 e. The highest BCUT2D eigenvalue weighted by Gasteiger charge is 2.27. The van der Waals surface area contributed by atoms with E-state index in [2.05, 4.69) is 20.5 Å². The number of furan rings is 1. The molecule has 11 heteroatoms. The number of aryl methyl sites for hydroxylation is 1. The fourth-order valence-corrected chi connectivity index (χ4v) is 3.76. The highest BCUT2D eigenvalue weighted by atomic mass is 32.1. The molecule has 0 aliphatic carbocycles.